The van der Waals surface area contributed by atoms with Gasteiger partial charge in [-0.15, -0.1) is 11.3 Å². The highest BCUT2D eigenvalue weighted by atomic mass is 32.1. The third kappa shape index (κ3) is 6.06. The molecular formula is C21H24N4O4S. The van der Waals surface area contributed by atoms with E-state index in [0.717, 1.165) is 23.5 Å². The molecule has 2 aromatic heterocycles. The molecule has 0 spiro atoms. The standard InChI is InChI=1S/C21H24N4O4S/c1-13(2)11-25-14(3)8-16(15(25)4)9-17(10-22)21(28)29-12-19(26)23-24-20(27)18-6-5-7-30-18/h5-9,13H,11-12H2,1-4H3,(H,23,26)(H,24,27)/b17-9-. The molecule has 30 heavy (non-hydrogen) atoms. The second-order valence-electron chi connectivity index (χ2n) is 7.06. The van der Waals surface area contributed by atoms with Gasteiger partial charge >= 0.3 is 5.97 Å². The molecule has 2 N–H and O–H groups in total. The molecule has 2 aromatic rings. The summed E-state index contributed by atoms with van der Waals surface area (Å²) in [6, 6.07) is 7.03. The molecule has 0 radical (unpaired) electrons. The van der Waals surface area contributed by atoms with Crippen LogP contribution in [0.25, 0.3) is 6.08 Å². The van der Waals surface area contributed by atoms with Gasteiger partial charge in [0.2, 0.25) is 0 Å². The van der Waals surface area contributed by atoms with Crippen LogP contribution in [0.1, 0.15) is 40.5 Å². The van der Waals surface area contributed by atoms with E-state index in [4.69, 9.17) is 4.74 Å². The zero-order valence-electron chi connectivity index (χ0n) is 17.3. The topological polar surface area (TPSA) is 113 Å². The summed E-state index contributed by atoms with van der Waals surface area (Å²) in [6.07, 6.45) is 1.46. The van der Waals surface area contributed by atoms with E-state index in [1.165, 1.54) is 17.4 Å². The van der Waals surface area contributed by atoms with Gasteiger partial charge in [0.15, 0.2) is 6.61 Å². The number of carbonyl (C=O) groups is 3. The number of hydrogen-bond donors (Lipinski definition) is 2. The molecule has 2 rings (SSSR count). The molecule has 9 heteroatoms. The van der Waals surface area contributed by atoms with E-state index in [9.17, 15) is 19.6 Å². The third-order valence-corrected chi connectivity index (χ3v) is 5.06. The Hall–Kier alpha value is -3.38. The van der Waals surface area contributed by atoms with Crippen molar-refractivity contribution in [2.75, 3.05) is 6.61 Å². The first kappa shape index (κ1) is 22.9. The van der Waals surface area contributed by atoms with Gasteiger partial charge in [-0.25, -0.2) is 4.79 Å². The van der Waals surface area contributed by atoms with Crippen LogP contribution in [0.5, 0.6) is 0 Å². The molecule has 0 unspecified atom stereocenters. The number of nitrogens with zero attached hydrogens (tertiary/aromatic N) is 2. The second kappa shape index (κ2) is 10.4. The average Bonchev–Trinajstić information content (AvgIpc) is 3.33. The fourth-order valence-electron chi connectivity index (χ4n) is 2.75. The van der Waals surface area contributed by atoms with Crippen LogP contribution in [0.15, 0.2) is 29.2 Å². The Bertz CT molecular complexity index is 997. The summed E-state index contributed by atoms with van der Waals surface area (Å²) in [5.74, 6) is -1.66. The molecule has 0 bridgehead atoms. The maximum atomic E-state index is 12.2. The average molecular weight is 429 g/mol. The number of nitrogens with one attached hydrogen (secondary N) is 2. The number of esters is 1. The number of nitriles is 1. The van der Waals surface area contributed by atoms with E-state index >= 15 is 0 Å². The van der Waals surface area contributed by atoms with Crippen LogP contribution in [0.2, 0.25) is 0 Å². The highest BCUT2D eigenvalue weighted by Gasteiger charge is 2.16. The summed E-state index contributed by atoms with van der Waals surface area (Å²) in [6.45, 7) is 8.31. The van der Waals surface area contributed by atoms with Crippen LogP contribution >= 0.6 is 11.3 Å². The van der Waals surface area contributed by atoms with Crippen LogP contribution in [-0.4, -0.2) is 29.0 Å². The van der Waals surface area contributed by atoms with Crippen molar-refractivity contribution >= 4 is 35.2 Å². The Morgan fingerprint density at radius 3 is 2.63 bits per heavy atom. The first-order valence-electron chi connectivity index (χ1n) is 9.31. The number of thiophene rings is 1. The fraction of sp³-hybridized carbons (Fsp3) is 0.333. The molecule has 0 aromatic carbocycles. The van der Waals surface area contributed by atoms with E-state index < -0.39 is 24.4 Å². The highest BCUT2D eigenvalue weighted by Crippen LogP contribution is 2.20. The van der Waals surface area contributed by atoms with Crippen molar-refractivity contribution in [1.82, 2.24) is 15.4 Å². The van der Waals surface area contributed by atoms with Gasteiger partial charge in [0, 0.05) is 17.9 Å². The van der Waals surface area contributed by atoms with E-state index in [0.29, 0.717) is 10.8 Å². The van der Waals surface area contributed by atoms with Crippen molar-refractivity contribution in [2.24, 2.45) is 5.92 Å². The highest BCUT2D eigenvalue weighted by molar-refractivity contribution is 7.12. The van der Waals surface area contributed by atoms with Gasteiger partial charge in [-0.05, 0) is 48.9 Å². The molecule has 2 amide bonds. The Balaban J connectivity index is 1.95. The van der Waals surface area contributed by atoms with Gasteiger partial charge in [0.05, 0.1) is 4.88 Å². The van der Waals surface area contributed by atoms with Crippen LogP contribution < -0.4 is 10.9 Å². The van der Waals surface area contributed by atoms with E-state index in [1.807, 2.05) is 26.0 Å². The Kier molecular flexibility index (Phi) is 7.95. The van der Waals surface area contributed by atoms with Crippen molar-refractivity contribution in [3.05, 3.63) is 51.0 Å². The van der Waals surface area contributed by atoms with Gasteiger partial charge in [0.1, 0.15) is 11.6 Å². The lowest BCUT2D eigenvalue weighted by Crippen LogP contribution is -2.43. The van der Waals surface area contributed by atoms with Gasteiger partial charge in [-0.3, -0.25) is 20.4 Å². The van der Waals surface area contributed by atoms with Crippen molar-refractivity contribution in [1.29, 1.82) is 5.26 Å². The molecule has 0 fully saturated rings. The first-order valence-corrected chi connectivity index (χ1v) is 10.2. The number of aryl methyl sites for hydroxylation is 1. The minimum Gasteiger partial charge on any atom is -0.451 e. The predicted octanol–water partition coefficient (Wildman–Crippen LogP) is 2.73. The summed E-state index contributed by atoms with van der Waals surface area (Å²) in [5.41, 5.74) is 6.88. The van der Waals surface area contributed by atoms with E-state index in [-0.39, 0.29) is 5.57 Å². The Morgan fingerprint density at radius 1 is 1.30 bits per heavy atom. The van der Waals surface area contributed by atoms with Crippen LogP contribution in [0.4, 0.5) is 0 Å². The van der Waals surface area contributed by atoms with Gasteiger partial charge in [0.25, 0.3) is 11.8 Å². The van der Waals surface area contributed by atoms with Gasteiger partial charge in [-0.1, -0.05) is 19.9 Å². The van der Waals surface area contributed by atoms with Gasteiger partial charge in [-0.2, -0.15) is 5.26 Å². The molecule has 0 atom stereocenters. The molecular weight excluding hydrogens is 404 g/mol. The van der Waals surface area contributed by atoms with Crippen LogP contribution in [-0.2, 0) is 20.9 Å². The second-order valence-corrected chi connectivity index (χ2v) is 8.00. The fourth-order valence-corrected chi connectivity index (χ4v) is 3.37. The molecule has 0 aliphatic carbocycles. The number of aromatic nitrogens is 1. The number of hydrogen-bond acceptors (Lipinski definition) is 6. The largest absolute Gasteiger partial charge is 0.451 e. The number of amides is 2. The zero-order chi connectivity index (χ0) is 22.3. The molecule has 2 heterocycles. The lowest BCUT2D eigenvalue weighted by Gasteiger charge is -2.12. The molecule has 0 aliphatic rings. The third-order valence-electron chi connectivity index (χ3n) is 4.20. The lowest BCUT2D eigenvalue weighted by atomic mass is 10.1. The normalized spacial score (nSPS) is 11.1. The molecule has 0 aliphatic heterocycles. The molecule has 8 nitrogen and oxygen atoms in total. The van der Waals surface area contributed by atoms with Crippen molar-refractivity contribution in [3.8, 4) is 6.07 Å². The van der Waals surface area contributed by atoms with Crippen molar-refractivity contribution < 1.29 is 19.1 Å². The zero-order valence-corrected chi connectivity index (χ0v) is 18.1. The quantitative estimate of drug-likeness (QED) is 0.305. The maximum absolute atomic E-state index is 12.2. The minimum absolute atomic E-state index is 0.213. The van der Waals surface area contributed by atoms with Crippen molar-refractivity contribution in [3.63, 3.8) is 0 Å². The summed E-state index contributed by atoms with van der Waals surface area (Å²) >= 11 is 1.22. The molecule has 0 saturated heterocycles. The monoisotopic (exact) mass is 428 g/mol. The maximum Gasteiger partial charge on any atom is 0.349 e. The summed E-state index contributed by atoms with van der Waals surface area (Å²) in [7, 11) is 0. The smallest absolute Gasteiger partial charge is 0.349 e. The number of rotatable bonds is 7. The predicted molar refractivity (Wildman–Crippen MR) is 113 cm³/mol. The summed E-state index contributed by atoms with van der Waals surface area (Å²) in [5, 5.41) is 11.1. The molecule has 158 valence electrons. The Morgan fingerprint density at radius 2 is 2.03 bits per heavy atom. The van der Waals surface area contributed by atoms with E-state index in [2.05, 4.69) is 29.3 Å². The summed E-state index contributed by atoms with van der Waals surface area (Å²) in [4.78, 5) is 36.2. The number of hydrazine groups is 1. The van der Waals surface area contributed by atoms with Crippen molar-refractivity contribution in [2.45, 2.75) is 34.2 Å². The van der Waals surface area contributed by atoms with Crippen LogP contribution in [0.3, 0.4) is 0 Å². The molecule has 0 saturated carbocycles. The number of ether oxygens (including phenoxy) is 1. The SMILES string of the molecule is Cc1cc(/C=C(/C#N)C(=O)OCC(=O)NNC(=O)c2cccs2)c(C)n1CC(C)C. The van der Waals surface area contributed by atoms with E-state index in [1.54, 1.807) is 17.5 Å². The minimum atomic E-state index is -0.911. The summed E-state index contributed by atoms with van der Waals surface area (Å²) < 4.78 is 7.02. The lowest BCUT2D eigenvalue weighted by molar-refractivity contribution is -0.144. The first-order chi connectivity index (χ1) is 14.2. The Labute approximate surface area is 179 Å². The number of carbonyl (C=O) groups excluding carboxylic acids is 3. The van der Waals surface area contributed by atoms with Crippen LogP contribution in [0, 0.1) is 31.1 Å². The van der Waals surface area contributed by atoms with Gasteiger partial charge < -0.3 is 9.30 Å².